The first kappa shape index (κ1) is 20.1. The summed E-state index contributed by atoms with van der Waals surface area (Å²) in [5, 5.41) is 5.82. The van der Waals surface area contributed by atoms with E-state index in [4.69, 9.17) is 0 Å². The van der Waals surface area contributed by atoms with E-state index in [2.05, 4.69) is 10.6 Å². The van der Waals surface area contributed by atoms with Crippen molar-refractivity contribution in [1.29, 1.82) is 0 Å². The van der Waals surface area contributed by atoms with E-state index in [1.165, 1.54) is 11.8 Å². The lowest BCUT2D eigenvalue weighted by molar-refractivity contribution is -0.136. The minimum Gasteiger partial charge on any atom is -0.378 e. The minimum absolute atomic E-state index is 0.176. The normalized spacial score (nSPS) is 13.7. The van der Waals surface area contributed by atoms with Crippen LogP contribution in [0, 0.1) is 0 Å². The van der Waals surface area contributed by atoms with E-state index < -0.39 is 0 Å². The maximum atomic E-state index is 12.9. The average molecular weight is 392 g/mol. The topological polar surface area (TPSA) is 81.8 Å². The predicted octanol–water partition coefficient (Wildman–Crippen LogP) is 2.92. The number of nitrogens with zero attached hydrogens (tertiary/aromatic N) is 2. The molecule has 3 rings (SSSR count). The molecule has 3 amide bonds. The molecule has 0 spiro atoms. The Labute approximate surface area is 170 Å². The first-order valence-corrected chi connectivity index (χ1v) is 9.34. The summed E-state index contributed by atoms with van der Waals surface area (Å²) in [5.74, 6) is -0.864. The van der Waals surface area contributed by atoms with Crippen LogP contribution >= 0.6 is 0 Å². The molecule has 29 heavy (non-hydrogen) atoms. The Kier molecular flexibility index (Phi) is 5.68. The number of likely N-dealkylation sites (N-methyl/N-ethyl adjacent to an activating group) is 1. The first-order chi connectivity index (χ1) is 13.8. The van der Waals surface area contributed by atoms with Crippen molar-refractivity contribution in [2.45, 2.75) is 13.8 Å². The number of imide groups is 1. The van der Waals surface area contributed by atoms with E-state index in [0.29, 0.717) is 16.8 Å². The lowest BCUT2D eigenvalue weighted by Gasteiger charge is -2.14. The van der Waals surface area contributed by atoms with Crippen molar-refractivity contribution in [1.82, 2.24) is 4.90 Å². The van der Waals surface area contributed by atoms with Crippen LogP contribution in [0.3, 0.4) is 0 Å². The molecule has 0 fully saturated rings. The molecule has 0 atom stereocenters. The Balaban J connectivity index is 1.98. The third-order valence-corrected chi connectivity index (χ3v) is 4.63. The summed E-state index contributed by atoms with van der Waals surface area (Å²) in [6.07, 6.45) is 0. The standard InChI is InChI=1S/C22H24N4O3/c1-5-26-21(28)19(15-6-8-16(9-7-15)23-14(2)27)20(22(26)29)24-17-10-12-18(13-11-17)25(3)4/h6-13,24H,5H2,1-4H3,(H,23,27). The Morgan fingerprint density at radius 3 is 2.03 bits per heavy atom. The molecule has 1 aliphatic rings. The summed E-state index contributed by atoms with van der Waals surface area (Å²) in [6, 6.07) is 14.5. The SMILES string of the molecule is CCN1C(=O)C(Nc2ccc(N(C)C)cc2)=C(c2ccc(NC(C)=O)cc2)C1=O. The summed E-state index contributed by atoms with van der Waals surface area (Å²) in [6.45, 7) is 3.48. The van der Waals surface area contributed by atoms with Gasteiger partial charge in [-0.1, -0.05) is 12.1 Å². The maximum Gasteiger partial charge on any atom is 0.278 e. The van der Waals surface area contributed by atoms with Gasteiger partial charge in [0.05, 0.1) is 5.57 Å². The van der Waals surface area contributed by atoms with Gasteiger partial charge in [0.2, 0.25) is 5.91 Å². The summed E-state index contributed by atoms with van der Waals surface area (Å²) >= 11 is 0. The summed E-state index contributed by atoms with van der Waals surface area (Å²) < 4.78 is 0. The van der Waals surface area contributed by atoms with Crippen molar-refractivity contribution in [3.63, 3.8) is 0 Å². The van der Waals surface area contributed by atoms with Gasteiger partial charge in [-0.25, -0.2) is 0 Å². The fraction of sp³-hybridized carbons (Fsp3) is 0.227. The molecule has 0 saturated heterocycles. The Bertz CT molecular complexity index is 976. The highest BCUT2D eigenvalue weighted by Crippen LogP contribution is 2.31. The van der Waals surface area contributed by atoms with Crippen molar-refractivity contribution in [3.8, 4) is 0 Å². The van der Waals surface area contributed by atoms with Crippen molar-refractivity contribution in [2.75, 3.05) is 36.2 Å². The molecule has 0 aliphatic carbocycles. The Morgan fingerprint density at radius 1 is 0.931 bits per heavy atom. The van der Waals surface area contributed by atoms with Crippen LogP contribution in [0.2, 0.25) is 0 Å². The second-order valence-electron chi connectivity index (χ2n) is 6.93. The molecule has 1 aliphatic heterocycles. The van der Waals surface area contributed by atoms with E-state index in [9.17, 15) is 14.4 Å². The van der Waals surface area contributed by atoms with Gasteiger partial charge < -0.3 is 15.5 Å². The van der Waals surface area contributed by atoms with Crippen molar-refractivity contribution in [2.24, 2.45) is 0 Å². The zero-order valence-electron chi connectivity index (χ0n) is 16.9. The van der Waals surface area contributed by atoms with Crippen LogP contribution in [0.15, 0.2) is 54.2 Å². The molecule has 0 aromatic heterocycles. The van der Waals surface area contributed by atoms with Crippen LogP contribution in [0.4, 0.5) is 17.1 Å². The zero-order valence-corrected chi connectivity index (χ0v) is 16.9. The van der Waals surface area contributed by atoms with Gasteiger partial charge in [-0.2, -0.15) is 0 Å². The highest BCUT2D eigenvalue weighted by Gasteiger charge is 2.38. The average Bonchev–Trinajstić information content (AvgIpc) is 2.92. The third kappa shape index (κ3) is 4.13. The molecule has 2 aromatic rings. The van der Waals surface area contributed by atoms with Gasteiger partial charge in [-0.05, 0) is 48.9 Å². The number of amides is 3. The number of nitrogens with one attached hydrogen (secondary N) is 2. The number of hydrogen-bond donors (Lipinski definition) is 2. The molecule has 7 heteroatoms. The monoisotopic (exact) mass is 392 g/mol. The van der Waals surface area contributed by atoms with Crippen LogP contribution in [0.25, 0.3) is 5.57 Å². The quantitative estimate of drug-likeness (QED) is 0.739. The smallest absolute Gasteiger partial charge is 0.278 e. The molecule has 150 valence electrons. The second-order valence-corrected chi connectivity index (χ2v) is 6.93. The number of carbonyl (C=O) groups is 3. The number of carbonyl (C=O) groups excluding carboxylic acids is 3. The Hall–Kier alpha value is -3.61. The number of anilines is 3. The largest absolute Gasteiger partial charge is 0.378 e. The first-order valence-electron chi connectivity index (χ1n) is 9.34. The molecule has 2 aromatic carbocycles. The fourth-order valence-corrected chi connectivity index (χ4v) is 3.16. The molecule has 1 heterocycles. The molecular weight excluding hydrogens is 368 g/mol. The van der Waals surface area contributed by atoms with Crippen molar-refractivity contribution >= 4 is 40.4 Å². The maximum absolute atomic E-state index is 12.9. The van der Waals surface area contributed by atoms with Crippen LogP contribution < -0.4 is 15.5 Å². The van der Waals surface area contributed by atoms with Gasteiger partial charge in [0, 0.05) is 44.6 Å². The van der Waals surface area contributed by atoms with Gasteiger partial charge in [0.15, 0.2) is 0 Å². The highest BCUT2D eigenvalue weighted by atomic mass is 16.2. The lowest BCUT2D eigenvalue weighted by atomic mass is 10.0. The van der Waals surface area contributed by atoms with Gasteiger partial charge in [-0.3, -0.25) is 19.3 Å². The van der Waals surface area contributed by atoms with E-state index in [1.54, 1.807) is 31.2 Å². The van der Waals surface area contributed by atoms with Crippen LogP contribution in [-0.4, -0.2) is 43.3 Å². The minimum atomic E-state index is -0.352. The van der Waals surface area contributed by atoms with Crippen LogP contribution in [0.5, 0.6) is 0 Å². The van der Waals surface area contributed by atoms with E-state index in [0.717, 1.165) is 11.4 Å². The zero-order chi connectivity index (χ0) is 21.1. The third-order valence-electron chi connectivity index (χ3n) is 4.63. The molecular formula is C22H24N4O3. The van der Waals surface area contributed by atoms with Gasteiger partial charge in [0.25, 0.3) is 11.8 Å². The summed E-state index contributed by atoms with van der Waals surface area (Å²) in [5.41, 5.74) is 3.56. The Morgan fingerprint density at radius 2 is 1.52 bits per heavy atom. The van der Waals surface area contributed by atoms with Crippen molar-refractivity contribution < 1.29 is 14.4 Å². The number of benzene rings is 2. The lowest BCUT2D eigenvalue weighted by Crippen LogP contribution is -2.32. The molecule has 0 radical (unpaired) electrons. The summed E-state index contributed by atoms with van der Waals surface area (Å²) in [4.78, 5) is 40.1. The van der Waals surface area contributed by atoms with E-state index >= 15 is 0 Å². The molecule has 0 bridgehead atoms. The predicted molar refractivity (Wildman–Crippen MR) is 114 cm³/mol. The highest BCUT2D eigenvalue weighted by molar-refractivity contribution is 6.36. The second kappa shape index (κ2) is 8.18. The molecule has 2 N–H and O–H groups in total. The molecule has 0 saturated carbocycles. The van der Waals surface area contributed by atoms with E-state index in [-0.39, 0.29) is 30.0 Å². The number of rotatable bonds is 6. The van der Waals surface area contributed by atoms with Gasteiger partial charge >= 0.3 is 0 Å². The summed E-state index contributed by atoms with van der Waals surface area (Å²) in [7, 11) is 3.90. The fourth-order valence-electron chi connectivity index (χ4n) is 3.16. The van der Waals surface area contributed by atoms with E-state index in [1.807, 2.05) is 43.3 Å². The number of hydrogen-bond acceptors (Lipinski definition) is 5. The molecule has 7 nitrogen and oxygen atoms in total. The molecule has 0 unspecified atom stereocenters. The van der Waals surface area contributed by atoms with Gasteiger partial charge in [-0.15, -0.1) is 0 Å². The van der Waals surface area contributed by atoms with Crippen LogP contribution in [0.1, 0.15) is 19.4 Å². The van der Waals surface area contributed by atoms with Gasteiger partial charge in [0.1, 0.15) is 5.70 Å². The van der Waals surface area contributed by atoms with Crippen LogP contribution in [-0.2, 0) is 14.4 Å². The van der Waals surface area contributed by atoms with Crippen molar-refractivity contribution in [3.05, 3.63) is 59.8 Å².